The number of amides is 1. The molecule has 9 heteroatoms. The zero-order valence-corrected chi connectivity index (χ0v) is 21.4. The number of aromatic nitrogens is 2. The molecular formula is C27H30N4O4S. The van der Waals surface area contributed by atoms with Crippen LogP contribution < -0.4 is 10.9 Å². The van der Waals surface area contributed by atoms with Crippen LogP contribution in [0.5, 0.6) is 0 Å². The van der Waals surface area contributed by atoms with Crippen molar-refractivity contribution in [2.75, 3.05) is 13.1 Å². The van der Waals surface area contributed by atoms with E-state index in [1.54, 1.807) is 25.1 Å². The molecule has 0 fully saturated rings. The van der Waals surface area contributed by atoms with E-state index in [0.29, 0.717) is 18.7 Å². The van der Waals surface area contributed by atoms with Gasteiger partial charge in [0.25, 0.3) is 5.56 Å². The average Bonchev–Trinajstić information content (AvgIpc) is 3.24. The van der Waals surface area contributed by atoms with Crippen molar-refractivity contribution in [1.29, 1.82) is 0 Å². The summed E-state index contributed by atoms with van der Waals surface area (Å²) in [5, 5.41) is 5.95. The van der Waals surface area contributed by atoms with E-state index >= 15 is 0 Å². The molecule has 2 aromatic heterocycles. The van der Waals surface area contributed by atoms with Crippen molar-refractivity contribution >= 4 is 38.9 Å². The van der Waals surface area contributed by atoms with E-state index in [1.807, 2.05) is 54.6 Å². The summed E-state index contributed by atoms with van der Waals surface area (Å²) in [7, 11) is -1.42. The molecule has 3 N–H and O–H groups in total. The molecule has 8 nitrogen and oxygen atoms in total. The normalized spacial score (nSPS) is 12.7. The van der Waals surface area contributed by atoms with Crippen LogP contribution in [0, 0.1) is 0 Å². The maximum absolute atomic E-state index is 12.7. The minimum absolute atomic E-state index is 0.162. The second kappa shape index (κ2) is 10.5. The number of H-pyrrole nitrogens is 2. The summed E-state index contributed by atoms with van der Waals surface area (Å²) in [6.45, 7) is 10.0. The molecule has 1 amide bonds. The summed E-state index contributed by atoms with van der Waals surface area (Å²) in [5.74, 6) is 0. The molecule has 1 unspecified atom stereocenters. The number of carbonyl (C=O) groups excluding carboxylic acids is 1. The van der Waals surface area contributed by atoms with Gasteiger partial charge < -0.3 is 20.0 Å². The number of pyridine rings is 1. The summed E-state index contributed by atoms with van der Waals surface area (Å²) < 4.78 is 19.5. The van der Waals surface area contributed by atoms with Crippen LogP contribution in [0.1, 0.15) is 26.3 Å². The van der Waals surface area contributed by atoms with Gasteiger partial charge in [-0.25, -0.2) is 13.3 Å². The molecule has 0 aliphatic rings. The van der Waals surface area contributed by atoms with E-state index in [4.69, 9.17) is 4.74 Å². The summed E-state index contributed by atoms with van der Waals surface area (Å²) in [6, 6.07) is 17.4. The van der Waals surface area contributed by atoms with Crippen molar-refractivity contribution in [2.45, 2.75) is 32.9 Å². The number of hydrogen-bond donors (Lipinski definition) is 3. The van der Waals surface area contributed by atoms with Crippen LogP contribution in [0.4, 0.5) is 4.79 Å². The molecule has 4 rings (SSSR count). The number of nitrogens with one attached hydrogen (secondary N) is 3. The molecule has 1 atom stereocenters. The first-order valence-corrected chi connectivity index (χ1v) is 12.8. The Morgan fingerprint density at radius 2 is 1.83 bits per heavy atom. The molecule has 0 radical (unpaired) electrons. The number of carbonyl (C=O) groups is 1. The van der Waals surface area contributed by atoms with Gasteiger partial charge in [0.2, 0.25) is 0 Å². The Bertz CT molecular complexity index is 1500. The quantitative estimate of drug-likeness (QED) is 0.319. The third-order valence-corrected chi connectivity index (χ3v) is 6.62. The van der Waals surface area contributed by atoms with Crippen molar-refractivity contribution < 1.29 is 13.7 Å². The molecule has 0 aliphatic heterocycles. The summed E-state index contributed by atoms with van der Waals surface area (Å²) in [4.78, 5) is 30.9. The summed E-state index contributed by atoms with van der Waals surface area (Å²) in [5.41, 5.74) is 3.16. The molecule has 0 saturated heterocycles. The lowest BCUT2D eigenvalue weighted by atomic mass is 10.1. The molecule has 188 valence electrons. The fourth-order valence-electron chi connectivity index (χ4n) is 3.91. The minimum Gasteiger partial charge on any atom is -0.444 e. The molecule has 0 spiro atoms. The van der Waals surface area contributed by atoms with Crippen LogP contribution in [-0.4, -0.2) is 43.3 Å². The van der Waals surface area contributed by atoms with Crippen molar-refractivity contribution in [3.8, 4) is 11.3 Å². The van der Waals surface area contributed by atoms with Crippen molar-refractivity contribution in [3.63, 3.8) is 0 Å². The van der Waals surface area contributed by atoms with Crippen LogP contribution in [0.15, 0.2) is 71.4 Å². The number of rotatable bonds is 8. The molecule has 4 aromatic rings. The third kappa shape index (κ3) is 6.10. The number of fused-ring (bicyclic) bond motifs is 2. The zero-order valence-electron chi connectivity index (χ0n) is 20.6. The highest BCUT2D eigenvalue weighted by atomic mass is 32.2. The Balaban J connectivity index is 1.51. The number of alkyl carbamates (subject to hydrolysis) is 1. The third-order valence-electron chi connectivity index (χ3n) is 5.51. The van der Waals surface area contributed by atoms with Gasteiger partial charge in [0.05, 0.1) is 11.3 Å². The largest absolute Gasteiger partial charge is 0.444 e. The van der Waals surface area contributed by atoms with Crippen molar-refractivity contribution in [2.24, 2.45) is 0 Å². The fourth-order valence-corrected chi connectivity index (χ4v) is 4.67. The highest BCUT2D eigenvalue weighted by Gasteiger charge is 2.17. The number of nitrogens with zero attached hydrogens (tertiary/aromatic N) is 1. The monoisotopic (exact) mass is 506 g/mol. The molecule has 0 aliphatic carbocycles. The van der Waals surface area contributed by atoms with E-state index in [0.717, 1.165) is 33.1 Å². The van der Waals surface area contributed by atoms with Crippen LogP contribution in [0.25, 0.3) is 33.1 Å². The Morgan fingerprint density at radius 1 is 1.08 bits per heavy atom. The number of aromatic amines is 2. The van der Waals surface area contributed by atoms with Gasteiger partial charge in [-0.1, -0.05) is 30.8 Å². The average molecular weight is 507 g/mol. The molecule has 2 heterocycles. The molecule has 2 aromatic carbocycles. The van der Waals surface area contributed by atoms with E-state index < -0.39 is 22.7 Å². The highest BCUT2D eigenvalue weighted by molar-refractivity contribution is 7.85. The van der Waals surface area contributed by atoms with Gasteiger partial charge in [0, 0.05) is 41.5 Å². The lowest BCUT2D eigenvalue weighted by molar-refractivity contribution is 0.0525. The van der Waals surface area contributed by atoms with Gasteiger partial charge in [-0.3, -0.25) is 4.79 Å². The van der Waals surface area contributed by atoms with Gasteiger partial charge in [-0.05, 0) is 62.1 Å². The fraction of sp³-hybridized carbons (Fsp3) is 0.259. The molecule has 36 heavy (non-hydrogen) atoms. The van der Waals surface area contributed by atoms with E-state index in [2.05, 4.69) is 21.9 Å². The summed E-state index contributed by atoms with van der Waals surface area (Å²) in [6.07, 6.45) is -0.517. The second-order valence-electron chi connectivity index (χ2n) is 9.44. The van der Waals surface area contributed by atoms with Crippen LogP contribution in [0.3, 0.4) is 0 Å². The van der Waals surface area contributed by atoms with Crippen LogP contribution in [0.2, 0.25) is 0 Å². The van der Waals surface area contributed by atoms with Gasteiger partial charge in [0.15, 0.2) is 0 Å². The lowest BCUT2D eigenvalue weighted by Crippen LogP contribution is -2.38. The van der Waals surface area contributed by atoms with Crippen molar-refractivity contribution in [1.82, 2.24) is 19.6 Å². The van der Waals surface area contributed by atoms with E-state index in [9.17, 15) is 13.8 Å². The first kappa shape index (κ1) is 25.4. The Labute approximate surface area is 211 Å². The first-order valence-electron chi connectivity index (χ1n) is 11.6. The number of para-hydroxylation sites is 1. The first-order chi connectivity index (χ1) is 17.1. The maximum Gasteiger partial charge on any atom is 0.407 e. The molecular weight excluding hydrogens is 476 g/mol. The Morgan fingerprint density at radius 3 is 2.58 bits per heavy atom. The summed E-state index contributed by atoms with van der Waals surface area (Å²) >= 11 is 0. The number of ether oxygens (including phenoxy) is 1. The Hall–Kier alpha value is -3.69. The standard InChI is InChI=1S/C27H30N4O4S/c1-5-36(34)31(13-12-28-26(33)35-27(2,3)4)17-18-10-11-23-20(14-18)16-24(29-23)21-15-19-8-6-7-9-22(19)30-25(21)32/h5-11,14-16,29H,1,12-13,17H2,2-4H3,(H,28,33)(H,30,32). The van der Waals surface area contributed by atoms with Crippen LogP contribution >= 0.6 is 0 Å². The number of hydrogen-bond acceptors (Lipinski definition) is 4. The Kier molecular flexibility index (Phi) is 7.42. The van der Waals surface area contributed by atoms with E-state index in [-0.39, 0.29) is 12.1 Å². The minimum atomic E-state index is -1.42. The SMILES string of the molecule is C=CS(=O)N(CCNC(=O)OC(C)(C)C)Cc1ccc2[nH]c(-c3cc4ccccc4[nH]c3=O)cc2c1. The van der Waals surface area contributed by atoms with Gasteiger partial charge in [0.1, 0.15) is 16.6 Å². The second-order valence-corrected chi connectivity index (χ2v) is 10.8. The maximum atomic E-state index is 12.7. The highest BCUT2D eigenvalue weighted by Crippen LogP contribution is 2.25. The zero-order chi connectivity index (χ0) is 25.9. The lowest BCUT2D eigenvalue weighted by Gasteiger charge is -2.22. The molecule has 0 saturated carbocycles. The topological polar surface area (TPSA) is 107 Å². The molecule has 0 bridgehead atoms. The van der Waals surface area contributed by atoms with Crippen molar-refractivity contribution in [3.05, 3.63) is 82.5 Å². The smallest absolute Gasteiger partial charge is 0.407 e. The van der Waals surface area contributed by atoms with E-state index in [1.165, 1.54) is 5.41 Å². The van der Waals surface area contributed by atoms with Gasteiger partial charge in [-0.2, -0.15) is 0 Å². The van der Waals surface area contributed by atoms with Crippen LogP contribution in [-0.2, 0) is 22.3 Å². The predicted molar refractivity (Wildman–Crippen MR) is 145 cm³/mol. The number of benzene rings is 2. The van der Waals surface area contributed by atoms with Gasteiger partial charge in [-0.15, -0.1) is 0 Å². The van der Waals surface area contributed by atoms with Gasteiger partial charge >= 0.3 is 6.09 Å². The predicted octanol–water partition coefficient (Wildman–Crippen LogP) is 4.81.